The number of nitrogens with zero attached hydrogens (tertiary/aromatic N) is 1. The van der Waals surface area contributed by atoms with Crippen molar-refractivity contribution in [1.29, 1.82) is 0 Å². The fourth-order valence-corrected chi connectivity index (χ4v) is 3.39. The van der Waals surface area contributed by atoms with Gasteiger partial charge < -0.3 is 18.5 Å². The molecule has 4 rings (SSSR count). The van der Waals surface area contributed by atoms with Gasteiger partial charge >= 0.3 is 0 Å². The van der Waals surface area contributed by atoms with Crippen LogP contribution in [0.4, 0.5) is 0 Å². The van der Waals surface area contributed by atoms with Crippen molar-refractivity contribution in [1.82, 2.24) is 4.90 Å². The van der Waals surface area contributed by atoms with Crippen LogP contribution < -0.4 is 4.74 Å². The average molecular weight is 400 g/mol. The van der Waals surface area contributed by atoms with Crippen LogP contribution in [0.5, 0.6) is 5.75 Å². The first-order valence-corrected chi connectivity index (χ1v) is 9.74. The molecule has 2 heterocycles. The van der Waals surface area contributed by atoms with Crippen molar-refractivity contribution < 1.29 is 18.4 Å². The number of benzene rings is 1. The molecule has 1 saturated carbocycles. The lowest BCUT2D eigenvalue weighted by molar-refractivity contribution is -0.135. The molecule has 0 bridgehead atoms. The Hall–Kier alpha value is -2.66. The lowest BCUT2D eigenvalue weighted by Crippen LogP contribution is -2.33. The van der Waals surface area contributed by atoms with Gasteiger partial charge in [0.05, 0.1) is 24.4 Å². The number of hydrogen-bond acceptors (Lipinski definition) is 4. The van der Waals surface area contributed by atoms with Crippen molar-refractivity contribution in [3.05, 3.63) is 77.1 Å². The molecule has 2 unspecified atom stereocenters. The molecule has 146 valence electrons. The van der Waals surface area contributed by atoms with Crippen molar-refractivity contribution >= 4 is 17.5 Å². The van der Waals surface area contributed by atoms with Gasteiger partial charge in [-0.05, 0) is 48.7 Å². The highest BCUT2D eigenvalue weighted by Gasteiger charge is 2.36. The van der Waals surface area contributed by atoms with Crippen molar-refractivity contribution in [2.24, 2.45) is 5.92 Å². The Morgan fingerprint density at radius 1 is 1.14 bits per heavy atom. The molecule has 0 spiro atoms. The largest absolute Gasteiger partial charge is 0.482 e. The summed E-state index contributed by atoms with van der Waals surface area (Å²) in [4.78, 5) is 14.5. The second kappa shape index (κ2) is 8.15. The molecular formula is C22H22ClNO4. The summed E-state index contributed by atoms with van der Waals surface area (Å²) in [6.07, 6.45) is 2.76. The normalized spacial score (nSPS) is 18.1. The molecular weight excluding hydrogens is 378 g/mol. The minimum absolute atomic E-state index is 0.113. The van der Waals surface area contributed by atoms with Crippen LogP contribution in [0.1, 0.15) is 36.5 Å². The highest BCUT2D eigenvalue weighted by atomic mass is 35.5. The van der Waals surface area contributed by atoms with Crippen LogP contribution in [0.25, 0.3) is 0 Å². The van der Waals surface area contributed by atoms with Gasteiger partial charge in [-0.3, -0.25) is 4.79 Å². The molecule has 2 aromatic heterocycles. The highest BCUT2D eigenvalue weighted by molar-refractivity contribution is 6.32. The molecule has 2 atom stereocenters. The smallest absolute Gasteiger partial charge is 0.261 e. The summed E-state index contributed by atoms with van der Waals surface area (Å²) in [6.45, 7) is 2.80. The van der Waals surface area contributed by atoms with E-state index in [4.69, 9.17) is 25.2 Å². The summed E-state index contributed by atoms with van der Waals surface area (Å²) < 4.78 is 17.0. The molecule has 1 fully saturated rings. The summed E-state index contributed by atoms with van der Waals surface area (Å²) in [6, 6.07) is 14.7. The third-order valence-electron chi connectivity index (χ3n) is 4.97. The van der Waals surface area contributed by atoms with E-state index in [2.05, 4.69) is 6.92 Å². The predicted octanol–water partition coefficient (Wildman–Crippen LogP) is 5.26. The summed E-state index contributed by atoms with van der Waals surface area (Å²) in [5.41, 5.74) is 0. The van der Waals surface area contributed by atoms with Crippen molar-refractivity contribution in [2.45, 2.75) is 32.4 Å². The topological polar surface area (TPSA) is 55.8 Å². The lowest BCUT2D eigenvalue weighted by Gasteiger charge is -2.21. The van der Waals surface area contributed by atoms with E-state index in [1.165, 1.54) is 0 Å². The summed E-state index contributed by atoms with van der Waals surface area (Å²) in [5.74, 6) is 3.95. The van der Waals surface area contributed by atoms with Crippen LogP contribution in [0, 0.1) is 5.92 Å². The lowest BCUT2D eigenvalue weighted by atomic mass is 10.3. The van der Waals surface area contributed by atoms with Crippen LogP contribution in [0.15, 0.2) is 63.6 Å². The van der Waals surface area contributed by atoms with Gasteiger partial charge in [0.2, 0.25) is 0 Å². The zero-order chi connectivity index (χ0) is 19.5. The number of carbonyl (C=O) groups excluding carboxylic acids is 1. The first-order chi connectivity index (χ1) is 13.6. The van der Waals surface area contributed by atoms with Gasteiger partial charge in [-0.2, -0.15) is 0 Å². The van der Waals surface area contributed by atoms with E-state index in [1.54, 1.807) is 29.4 Å². The van der Waals surface area contributed by atoms with Gasteiger partial charge in [0.1, 0.15) is 23.0 Å². The number of carbonyl (C=O) groups is 1. The molecule has 28 heavy (non-hydrogen) atoms. The molecule has 0 radical (unpaired) electrons. The van der Waals surface area contributed by atoms with Crippen LogP contribution >= 0.6 is 11.6 Å². The Morgan fingerprint density at radius 2 is 1.93 bits per heavy atom. The van der Waals surface area contributed by atoms with Gasteiger partial charge in [-0.15, -0.1) is 0 Å². The Labute approximate surface area is 168 Å². The number of ether oxygens (including phenoxy) is 1. The molecule has 0 saturated heterocycles. The van der Waals surface area contributed by atoms with Gasteiger partial charge in [0.15, 0.2) is 6.61 Å². The maximum Gasteiger partial charge on any atom is 0.261 e. The van der Waals surface area contributed by atoms with Crippen LogP contribution in [-0.4, -0.2) is 17.4 Å². The maximum absolute atomic E-state index is 12.8. The fourth-order valence-electron chi connectivity index (χ4n) is 3.20. The molecule has 0 N–H and O–H groups in total. The molecule has 1 aliphatic rings. The molecule has 6 heteroatoms. The number of hydrogen-bond donors (Lipinski definition) is 0. The third-order valence-corrected chi connectivity index (χ3v) is 5.28. The zero-order valence-electron chi connectivity index (χ0n) is 15.6. The highest BCUT2D eigenvalue weighted by Crippen LogP contribution is 2.47. The number of rotatable bonds is 8. The summed E-state index contributed by atoms with van der Waals surface area (Å²) in [5, 5.41) is 0.474. The molecule has 1 aliphatic carbocycles. The molecule has 1 aromatic carbocycles. The van der Waals surface area contributed by atoms with Crippen molar-refractivity contribution in [3.63, 3.8) is 0 Å². The van der Waals surface area contributed by atoms with E-state index in [0.29, 0.717) is 41.5 Å². The Bertz CT molecular complexity index is 934. The fraction of sp³-hybridized carbons (Fsp3) is 0.318. The monoisotopic (exact) mass is 399 g/mol. The maximum atomic E-state index is 12.8. The number of furan rings is 2. The quantitative estimate of drug-likeness (QED) is 0.518. The minimum Gasteiger partial charge on any atom is -0.482 e. The van der Waals surface area contributed by atoms with Crippen LogP contribution in [0.2, 0.25) is 5.02 Å². The average Bonchev–Trinajstić information content (AvgIpc) is 3.08. The Kier molecular flexibility index (Phi) is 5.44. The van der Waals surface area contributed by atoms with E-state index in [1.807, 2.05) is 30.3 Å². The predicted molar refractivity (Wildman–Crippen MR) is 105 cm³/mol. The zero-order valence-corrected chi connectivity index (χ0v) is 16.4. The van der Waals surface area contributed by atoms with Gasteiger partial charge in [-0.1, -0.05) is 30.7 Å². The van der Waals surface area contributed by atoms with Gasteiger partial charge in [-0.25, -0.2) is 0 Å². The summed E-state index contributed by atoms with van der Waals surface area (Å²) >= 11 is 6.10. The number of halogens is 1. The van der Waals surface area contributed by atoms with E-state index < -0.39 is 0 Å². The molecule has 0 aliphatic heterocycles. The first-order valence-electron chi connectivity index (χ1n) is 9.36. The van der Waals surface area contributed by atoms with E-state index in [9.17, 15) is 4.79 Å². The summed E-state index contributed by atoms with van der Waals surface area (Å²) in [7, 11) is 0. The second-order valence-electron chi connectivity index (χ2n) is 7.17. The SMILES string of the molecule is CC1CC1c1ccc(CN(Cc2ccco2)C(=O)COc2ccccc2Cl)o1. The first kappa shape index (κ1) is 18.7. The second-order valence-corrected chi connectivity index (χ2v) is 7.58. The third kappa shape index (κ3) is 4.42. The van der Waals surface area contributed by atoms with Gasteiger partial charge in [0.25, 0.3) is 5.91 Å². The van der Waals surface area contributed by atoms with Crippen molar-refractivity contribution in [2.75, 3.05) is 6.61 Å². The minimum atomic E-state index is -0.172. The van der Waals surface area contributed by atoms with Crippen LogP contribution in [-0.2, 0) is 17.9 Å². The molecule has 5 nitrogen and oxygen atoms in total. The van der Waals surface area contributed by atoms with E-state index >= 15 is 0 Å². The van der Waals surface area contributed by atoms with Crippen LogP contribution in [0.3, 0.4) is 0 Å². The van der Waals surface area contributed by atoms with Gasteiger partial charge in [0, 0.05) is 5.92 Å². The standard InChI is InChI=1S/C22H22ClNO4/c1-15-11-18(15)20-9-8-17(28-20)13-24(12-16-5-4-10-26-16)22(25)14-27-21-7-3-2-6-19(21)23/h2-10,15,18H,11-14H2,1H3. The number of para-hydroxylation sites is 1. The van der Waals surface area contributed by atoms with E-state index in [0.717, 1.165) is 17.9 Å². The Morgan fingerprint density at radius 3 is 2.64 bits per heavy atom. The van der Waals surface area contributed by atoms with E-state index in [-0.39, 0.29) is 12.5 Å². The number of amides is 1. The molecule has 1 amide bonds. The Balaban J connectivity index is 1.44. The molecule has 3 aromatic rings. The van der Waals surface area contributed by atoms with Crippen molar-refractivity contribution in [3.8, 4) is 5.75 Å².